The Morgan fingerprint density at radius 2 is 1.86 bits per heavy atom. The Labute approximate surface area is 166 Å². The number of aliphatic hydroxyl groups is 1. The van der Waals surface area contributed by atoms with E-state index in [-0.39, 0.29) is 48.6 Å². The number of aliphatic hydroxyl groups excluding tert-OH is 1. The van der Waals surface area contributed by atoms with Crippen LogP contribution in [-0.4, -0.2) is 81.8 Å². The summed E-state index contributed by atoms with van der Waals surface area (Å²) in [6.07, 6.45) is 1.59. The standard InChI is InChI=1S/C18H26N2O6S2/c1-27(23,24)20-11-15-7-9-19(12-18(15,13-20)14-21)17(22)8-10-28(25,26)16-5-3-2-4-6-16/h2-6,15,21H,7-14H2,1H3. The SMILES string of the molecule is CS(=O)(=O)N1CC2CCN(C(=O)CCS(=O)(=O)c3ccccc3)CC2(CO)C1. The summed E-state index contributed by atoms with van der Waals surface area (Å²) >= 11 is 0. The molecule has 10 heteroatoms. The lowest BCUT2D eigenvalue weighted by molar-refractivity contribution is -0.136. The van der Waals surface area contributed by atoms with E-state index in [1.165, 1.54) is 16.4 Å². The Balaban J connectivity index is 1.66. The third-order valence-corrected chi connectivity index (χ3v) is 8.81. The molecule has 2 fully saturated rings. The van der Waals surface area contributed by atoms with Crippen LogP contribution in [0.2, 0.25) is 0 Å². The average Bonchev–Trinajstić information content (AvgIpc) is 3.07. The van der Waals surface area contributed by atoms with Crippen molar-refractivity contribution in [1.29, 1.82) is 0 Å². The second-order valence-corrected chi connectivity index (χ2v) is 11.9. The predicted molar refractivity (Wildman–Crippen MR) is 104 cm³/mol. The number of carbonyl (C=O) groups is 1. The molecule has 156 valence electrons. The molecule has 8 nitrogen and oxygen atoms in total. The number of nitrogens with zero attached hydrogens (tertiary/aromatic N) is 2. The van der Waals surface area contributed by atoms with E-state index >= 15 is 0 Å². The maximum Gasteiger partial charge on any atom is 0.223 e. The molecule has 0 aromatic heterocycles. The zero-order valence-electron chi connectivity index (χ0n) is 15.8. The van der Waals surface area contributed by atoms with E-state index in [0.29, 0.717) is 19.5 Å². The Kier molecular flexibility index (Phi) is 5.86. The minimum absolute atomic E-state index is 0.00988. The number of rotatable bonds is 6. The highest BCUT2D eigenvalue weighted by Crippen LogP contribution is 2.42. The van der Waals surface area contributed by atoms with Crippen LogP contribution in [0.4, 0.5) is 0 Å². The summed E-state index contributed by atoms with van der Waals surface area (Å²) in [5.41, 5.74) is -0.685. The molecule has 28 heavy (non-hydrogen) atoms. The van der Waals surface area contributed by atoms with Crippen LogP contribution in [0.25, 0.3) is 0 Å². The highest BCUT2D eigenvalue weighted by atomic mass is 32.2. The number of sulfone groups is 1. The van der Waals surface area contributed by atoms with Crippen LogP contribution < -0.4 is 0 Å². The summed E-state index contributed by atoms with van der Waals surface area (Å²) in [7, 11) is -6.91. The quantitative estimate of drug-likeness (QED) is 0.677. The van der Waals surface area contributed by atoms with Gasteiger partial charge in [0.15, 0.2) is 9.84 Å². The van der Waals surface area contributed by atoms with Gasteiger partial charge in [0.05, 0.1) is 23.5 Å². The average molecular weight is 431 g/mol. The van der Waals surface area contributed by atoms with Gasteiger partial charge in [-0.3, -0.25) is 4.79 Å². The third kappa shape index (κ3) is 4.24. The molecule has 0 saturated carbocycles. The number of benzene rings is 1. The van der Waals surface area contributed by atoms with Gasteiger partial charge in [0.1, 0.15) is 0 Å². The number of sulfonamides is 1. The predicted octanol–water partition coefficient (Wildman–Crippen LogP) is -0.0472. The van der Waals surface area contributed by atoms with Gasteiger partial charge in [-0.15, -0.1) is 0 Å². The highest BCUT2D eigenvalue weighted by Gasteiger charge is 2.52. The normalized spacial score (nSPS) is 26.2. The second kappa shape index (κ2) is 7.74. The molecule has 1 aromatic rings. The summed E-state index contributed by atoms with van der Waals surface area (Å²) < 4.78 is 49.9. The Morgan fingerprint density at radius 3 is 2.46 bits per heavy atom. The first-order chi connectivity index (χ1) is 13.1. The van der Waals surface area contributed by atoms with E-state index in [1.54, 1.807) is 23.1 Å². The van der Waals surface area contributed by atoms with Crippen LogP contribution in [0.3, 0.4) is 0 Å². The molecule has 1 N–H and O–H groups in total. The van der Waals surface area contributed by atoms with E-state index in [2.05, 4.69) is 0 Å². The van der Waals surface area contributed by atoms with E-state index in [1.807, 2.05) is 0 Å². The number of likely N-dealkylation sites (tertiary alicyclic amines) is 1. The van der Waals surface area contributed by atoms with E-state index < -0.39 is 25.3 Å². The molecule has 0 radical (unpaired) electrons. The Hall–Kier alpha value is -1.49. The summed E-state index contributed by atoms with van der Waals surface area (Å²) in [5.74, 6) is -0.579. The maximum atomic E-state index is 12.6. The number of piperidine rings is 1. The lowest BCUT2D eigenvalue weighted by atomic mass is 9.74. The fourth-order valence-electron chi connectivity index (χ4n) is 4.15. The van der Waals surface area contributed by atoms with Crippen LogP contribution in [0, 0.1) is 11.3 Å². The molecule has 3 rings (SSSR count). The molecule has 2 unspecified atom stereocenters. The zero-order valence-corrected chi connectivity index (χ0v) is 17.5. The van der Waals surface area contributed by atoms with Crippen molar-refractivity contribution in [3.05, 3.63) is 30.3 Å². The molecule has 0 bridgehead atoms. The van der Waals surface area contributed by atoms with E-state index in [9.17, 15) is 26.7 Å². The summed E-state index contributed by atoms with van der Waals surface area (Å²) in [5, 5.41) is 9.99. The molecular formula is C18H26N2O6S2. The van der Waals surface area contributed by atoms with Gasteiger partial charge in [-0.05, 0) is 24.5 Å². The van der Waals surface area contributed by atoms with Crippen molar-refractivity contribution < 1.29 is 26.7 Å². The van der Waals surface area contributed by atoms with Crippen LogP contribution in [0.15, 0.2) is 35.2 Å². The monoisotopic (exact) mass is 430 g/mol. The summed E-state index contributed by atoms with van der Waals surface area (Å²) in [6, 6.07) is 8.01. The van der Waals surface area contributed by atoms with Gasteiger partial charge in [0.2, 0.25) is 15.9 Å². The van der Waals surface area contributed by atoms with Gasteiger partial charge in [-0.25, -0.2) is 21.1 Å². The molecule has 2 aliphatic heterocycles. The fraction of sp³-hybridized carbons (Fsp3) is 0.611. The van der Waals surface area contributed by atoms with Crippen LogP contribution in [0.5, 0.6) is 0 Å². The fourth-order valence-corrected chi connectivity index (χ4v) is 6.35. The van der Waals surface area contributed by atoms with Gasteiger partial charge in [-0.1, -0.05) is 18.2 Å². The van der Waals surface area contributed by atoms with Crippen LogP contribution in [-0.2, 0) is 24.7 Å². The molecule has 2 heterocycles. The molecule has 0 aliphatic carbocycles. The topological polar surface area (TPSA) is 112 Å². The molecular weight excluding hydrogens is 404 g/mol. The lowest BCUT2D eigenvalue weighted by Gasteiger charge is -2.43. The van der Waals surface area contributed by atoms with Gasteiger partial charge in [0, 0.05) is 38.0 Å². The third-order valence-electron chi connectivity index (χ3n) is 5.86. The van der Waals surface area contributed by atoms with Crippen molar-refractivity contribution >= 4 is 25.8 Å². The second-order valence-electron chi connectivity index (χ2n) is 7.76. The summed E-state index contributed by atoms with van der Waals surface area (Å²) in [4.78, 5) is 14.4. The number of carbonyl (C=O) groups excluding carboxylic acids is 1. The minimum atomic E-state index is -3.54. The maximum absolute atomic E-state index is 12.6. The first kappa shape index (κ1) is 21.2. The first-order valence-corrected chi connectivity index (χ1v) is 12.7. The van der Waals surface area contributed by atoms with Crippen molar-refractivity contribution in [3.63, 3.8) is 0 Å². The van der Waals surface area contributed by atoms with Crippen LogP contribution in [0.1, 0.15) is 12.8 Å². The van der Waals surface area contributed by atoms with Gasteiger partial charge >= 0.3 is 0 Å². The molecule has 2 saturated heterocycles. The van der Waals surface area contributed by atoms with Crippen molar-refractivity contribution in [1.82, 2.24) is 9.21 Å². The van der Waals surface area contributed by atoms with Crippen molar-refractivity contribution in [2.24, 2.45) is 11.3 Å². The Bertz CT molecular complexity index is 932. The van der Waals surface area contributed by atoms with Gasteiger partial charge in [0.25, 0.3) is 0 Å². The lowest BCUT2D eigenvalue weighted by Crippen LogP contribution is -2.52. The number of amides is 1. The largest absolute Gasteiger partial charge is 0.396 e. The van der Waals surface area contributed by atoms with Crippen molar-refractivity contribution in [3.8, 4) is 0 Å². The number of hydrogen-bond donors (Lipinski definition) is 1. The molecule has 1 amide bonds. The minimum Gasteiger partial charge on any atom is -0.396 e. The van der Waals surface area contributed by atoms with E-state index in [4.69, 9.17) is 0 Å². The molecule has 1 aromatic carbocycles. The van der Waals surface area contributed by atoms with Crippen molar-refractivity contribution in [2.45, 2.75) is 17.7 Å². The summed E-state index contributed by atoms with van der Waals surface area (Å²) in [6.45, 7) is 0.997. The van der Waals surface area contributed by atoms with E-state index in [0.717, 1.165) is 6.26 Å². The highest BCUT2D eigenvalue weighted by molar-refractivity contribution is 7.91. The number of fused-ring (bicyclic) bond motifs is 1. The molecule has 2 atom stereocenters. The zero-order chi connectivity index (χ0) is 20.6. The van der Waals surface area contributed by atoms with Crippen molar-refractivity contribution in [2.75, 3.05) is 44.8 Å². The van der Waals surface area contributed by atoms with Gasteiger partial charge in [-0.2, -0.15) is 0 Å². The van der Waals surface area contributed by atoms with Crippen LogP contribution >= 0.6 is 0 Å². The molecule has 2 aliphatic rings. The number of hydrogen-bond acceptors (Lipinski definition) is 6. The molecule has 0 spiro atoms. The van der Waals surface area contributed by atoms with Gasteiger partial charge < -0.3 is 10.0 Å². The first-order valence-electron chi connectivity index (χ1n) is 9.19. The smallest absolute Gasteiger partial charge is 0.223 e. The Morgan fingerprint density at radius 1 is 1.18 bits per heavy atom.